The highest BCUT2D eigenvalue weighted by Crippen LogP contribution is 2.17. The molecule has 0 aliphatic rings. The first-order chi connectivity index (χ1) is 7.65. The zero-order valence-electron chi connectivity index (χ0n) is 9.14. The highest BCUT2D eigenvalue weighted by molar-refractivity contribution is 5.24. The van der Waals surface area contributed by atoms with Crippen molar-refractivity contribution in [3.63, 3.8) is 0 Å². The first-order valence-electron chi connectivity index (χ1n) is 4.90. The molecule has 0 saturated carbocycles. The van der Waals surface area contributed by atoms with Crippen molar-refractivity contribution in [3.05, 3.63) is 29.8 Å². The zero-order valence-corrected chi connectivity index (χ0v) is 9.14. The van der Waals surface area contributed by atoms with Crippen LogP contribution in [0.5, 0.6) is 5.75 Å². The summed E-state index contributed by atoms with van der Waals surface area (Å²) in [5.41, 5.74) is 0. The van der Waals surface area contributed by atoms with Crippen LogP contribution in [0.1, 0.15) is 13.8 Å². The molecule has 0 aliphatic carbocycles. The smallest absolute Gasteiger partial charge is 0.155 e. The van der Waals surface area contributed by atoms with Gasteiger partial charge in [-0.2, -0.15) is 0 Å². The fourth-order valence-electron chi connectivity index (χ4n) is 0.893. The molecule has 92 valence electrons. The maximum Gasteiger partial charge on any atom is 0.155 e. The molecule has 1 aromatic carbocycles. The van der Waals surface area contributed by atoms with E-state index in [-0.39, 0.29) is 5.75 Å². The zero-order chi connectivity index (χ0) is 12.6. The van der Waals surface area contributed by atoms with Gasteiger partial charge in [-0.25, -0.2) is 17.6 Å². The Balaban J connectivity index is 0.00000106. The van der Waals surface area contributed by atoms with E-state index in [1.54, 1.807) is 0 Å². The Morgan fingerprint density at radius 2 is 1.44 bits per heavy atom. The molecule has 0 atom stereocenters. The van der Waals surface area contributed by atoms with Crippen LogP contribution < -0.4 is 4.74 Å². The van der Waals surface area contributed by atoms with Crippen molar-refractivity contribution in [2.45, 2.75) is 20.0 Å². The van der Waals surface area contributed by atoms with Gasteiger partial charge < -0.3 is 4.74 Å². The predicted octanol–water partition coefficient (Wildman–Crippen LogP) is 3.68. The van der Waals surface area contributed by atoms with Gasteiger partial charge in [0.25, 0.3) is 0 Å². The molecule has 0 radical (unpaired) electrons. The third-order valence-electron chi connectivity index (χ3n) is 1.48. The van der Waals surface area contributed by atoms with Gasteiger partial charge in [-0.3, -0.25) is 0 Å². The monoisotopic (exact) mass is 238 g/mol. The lowest BCUT2D eigenvalue weighted by molar-refractivity contribution is 0.133. The molecule has 1 rings (SSSR count). The molecular weight excluding hydrogens is 224 g/mol. The largest absolute Gasteiger partial charge is 0.485 e. The van der Waals surface area contributed by atoms with Crippen LogP contribution in [0.2, 0.25) is 0 Å². The summed E-state index contributed by atoms with van der Waals surface area (Å²) in [6.45, 7) is 1.91. The molecule has 1 nitrogen and oxygen atoms in total. The van der Waals surface area contributed by atoms with E-state index in [1.807, 2.05) is 13.8 Å². The Hall–Kier alpha value is -1.26. The molecular formula is C11H14F4O. The van der Waals surface area contributed by atoms with Gasteiger partial charge in [0.1, 0.15) is 30.7 Å². The van der Waals surface area contributed by atoms with Crippen LogP contribution in [0.4, 0.5) is 17.6 Å². The van der Waals surface area contributed by atoms with E-state index >= 15 is 0 Å². The van der Waals surface area contributed by atoms with Crippen LogP contribution in [0.25, 0.3) is 0 Å². The van der Waals surface area contributed by atoms with Crippen LogP contribution in [0.3, 0.4) is 0 Å². The molecule has 0 N–H and O–H groups in total. The standard InChI is InChI=1S/C9H8F4O.C2H6/c10-4-9(5-11)14-8-2-6(12)1-7(13)3-8;1-2/h1-3,9H,4-5H2;1-2H3. The minimum atomic E-state index is -1.31. The fraction of sp³-hybridized carbons (Fsp3) is 0.455. The molecule has 0 bridgehead atoms. The van der Waals surface area contributed by atoms with Crippen LogP contribution in [0, 0.1) is 11.6 Å². The summed E-state index contributed by atoms with van der Waals surface area (Å²) in [4.78, 5) is 0. The highest BCUT2D eigenvalue weighted by Gasteiger charge is 2.10. The van der Waals surface area contributed by atoms with Gasteiger partial charge >= 0.3 is 0 Å². The van der Waals surface area contributed by atoms with Gasteiger partial charge in [-0.05, 0) is 0 Å². The predicted molar refractivity (Wildman–Crippen MR) is 54.1 cm³/mol. The van der Waals surface area contributed by atoms with Gasteiger partial charge in [0.15, 0.2) is 6.10 Å². The summed E-state index contributed by atoms with van der Waals surface area (Å²) in [5.74, 6) is -1.92. The van der Waals surface area contributed by atoms with E-state index in [1.165, 1.54) is 0 Å². The lowest BCUT2D eigenvalue weighted by Gasteiger charge is -2.12. The van der Waals surface area contributed by atoms with Crippen molar-refractivity contribution in [1.29, 1.82) is 0 Å². The molecule has 5 heteroatoms. The third kappa shape index (κ3) is 5.00. The quantitative estimate of drug-likeness (QED) is 0.727. The number of ether oxygens (including phenoxy) is 1. The molecule has 0 amide bonds. The van der Waals surface area contributed by atoms with Crippen LogP contribution in [-0.4, -0.2) is 19.5 Å². The van der Waals surface area contributed by atoms with Crippen LogP contribution in [-0.2, 0) is 0 Å². The van der Waals surface area contributed by atoms with Crippen LogP contribution in [0.15, 0.2) is 18.2 Å². The number of alkyl halides is 2. The van der Waals surface area contributed by atoms with Crippen molar-refractivity contribution >= 4 is 0 Å². The summed E-state index contributed by atoms with van der Waals surface area (Å²) in [5, 5.41) is 0. The van der Waals surface area contributed by atoms with Crippen molar-refractivity contribution in [2.75, 3.05) is 13.3 Å². The molecule has 0 spiro atoms. The molecule has 0 saturated heterocycles. The first kappa shape index (κ1) is 14.7. The fourth-order valence-corrected chi connectivity index (χ4v) is 0.893. The summed E-state index contributed by atoms with van der Waals surface area (Å²) < 4.78 is 53.8. The second-order valence-electron chi connectivity index (χ2n) is 2.65. The summed E-state index contributed by atoms with van der Waals surface area (Å²) in [6, 6.07) is 2.37. The molecule has 0 fully saturated rings. The minimum absolute atomic E-state index is 0.220. The van der Waals surface area contributed by atoms with Crippen molar-refractivity contribution in [3.8, 4) is 5.75 Å². The third-order valence-corrected chi connectivity index (χ3v) is 1.48. The van der Waals surface area contributed by atoms with E-state index in [0.717, 1.165) is 12.1 Å². The Morgan fingerprint density at radius 1 is 1.00 bits per heavy atom. The number of hydrogen-bond donors (Lipinski definition) is 0. The number of halogens is 4. The molecule has 1 aromatic rings. The van der Waals surface area contributed by atoms with Gasteiger partial charge in [0.05, 0.1) is 0 Å². The molecule has 0 heterocycles. The average molecular weight is 238 g/mol. The molecule has 0 aromatic heterocycles. The summed E-state index contributed by atoms with van der Waals surface area (Å²) >= 11 is 0. The van der Waals surface area contributed by atoms with Gasteiger partial charge in [-0.1, -0.05) is 13.8 Å². The lowest BCUT2D eigenvalue weighted by atomic mass is 10.3. The van der Waals surface area contributed by atoms with Gasteiger partial charge in [0, 0.05) is 18.2 Å². The second-order valence-corrected chi connectivity index (χ2v) is 2.65. The van der Waals surface area contributed by atoms with Crippen molar-refractivity contribution < 1.29 is 22.3 Å². The Bertz CT molecular complexity index is 280. The van der Waals surface area contributed by atoms with Crippen LogP contribution >= 0.6 is 0 Å². The normalized spacial score (nSPS) is 9.69. The molecule has 0 aliphatic heterocycles. The average Bonchev–Trinajstić information content (AvgIpc) is 2.27. The Morgan fingerprint density at radius 3 is 1.81 bits per heavy atom. The van der Waals surface area contributed by atoms with E-state index in [2.05, 4.69) is 4.74 Å². The molecule has 0 unspecified atom stereocenters. The first-order valence-corrected chi connectivity index (χ1v) is 4.90. The lowest BCUT2D eigenvalue weighted by Crippen LogP contribution is -2.21. The van der Waals surface area contributed by atoms with E-state index in [4.69, 9.17) is 0 Å². The van der Waals surface area contributed by atoms with Crippen molar-refractivity contribution in [1.82, 2.24) is 0 Å². The topological polar surface area (TPSA) is 9.23 Å². The van der Waals surface area contributed by atoms with E-state index in [0.29, 0.717) is 6.07 Å². The van der Waals surface area contributed by atoms with Crippen molar-refractivity contribution in [2.24, 2.45) is 0 Å². The summed E-state index contributed by atoms with van der Waals surface area (Å²) in [7, 11) is 0. The maximum absolute atomic E-state index is 12.6. The molecule has 16 heavy (non-hydrogen) atoms. The number of benzene rings is 1. The SMILES string of the molecule is CC.FCC(CF)Oc1cc(F)cc(F)c1. The van der Waals surface area contributed by atoms with Gasteiger partial charge in [0.2, 0.25) is 0 Å². The second kappa shape index (κ2) is 7.96. The van der Waals surface area contributed by atoms with Gasteiger partial charge in [-0.15, -0.1) is 0 Å². The number of rotatable bonds is 4. The maximum atomic E-state index is 12.6. The Labute approximate surface area is 92.0 Å². The minimum Gasteiger partial charge on any atom is -0.485 e. The van der Waals surface area contributed by atoms with E-state index < -0.39 is 31.1 Å². The Kier molecular flexibility index (Phi) is 7.33. The summed E-state index contributed by atoms with van der Waals surface area (Å²) in [6.07, 6.45) is -1.31. The van der Waals surface area contributed by atoms with E-state index in [9.17, 15) is 17.6 Å². The number of hydrogen-bond acceptors (Lipinski definition) is 1. The highest BCUT2D eigenvalue weighted by atomic mass is 19.1.